The second-order valence-corrected chi connectivity index (χ2v) is 9.53. The van der Waals surface area contributed by atoms with Crippen LogP contribution in [0.1, 0.15) is 27.0 Å². The van der Waals surface area contributed by atoms with Gasteiger partial charge in [-0.25, -0.2) is 9.36 Å². The number of ether oxygens (including phenoxy) is 1. The van der Waals surface area contributed by atoms with Crippen LogP contribution in [0.2, 0.25) is 0 Å². The molecule has 5 aromatic rings. The smallest absolute Gasteiger partial charge is 0.336 e. The van der Waals surface area contributed by atoms with E-state index in [2.05, 4.69) is 5.32 Å². The number of nitro groups is 1. The molecule has 41 heavy (non-hydrogen) atoms. The van der Waals surface area contributed by atoms with E-state index in [0.717, 1.165) is 15.7 Å². The number of fused-ring (bicyclic) bond motifs is 1. The summed E-state index contributed by atoms with van der Waals surface area (Å²) in [7, 11) is 1.51. The van der Waals surface area contributed by atoms with E-state index in [1.54, 1.807) is 30.3 Å². The first-order chi connectivity index (χ1) is 19.7. The molecule has 1 aromatic heterocycles. The molecule has 5 rings (SSSR count). The molecule has 0 aliphatic rings. The summed E-state index contributed by atoms with van der Waals surface area (Å²) in [5.41, 5.74) is 2.00. The highest BCUT2D eigenvalue weighted by Crippen LogP contribution is 2.19. The molecular weight excluding hydrogens is 524 g/mol. The molecule has 4 aromatic carbocycles. The van der Waals surface area contributed by atoms with Crippen LogP contribution in [0.25, 0.3) is 16.6 Å². The summed E-state index contributed by atoms with van der Waals surface area (Å²) in [6.45, 7) is 2.21. The molecule has 0 fully saturated rings. The first-order valence-electron chi connectivity index (χ1n) is 12.8. The van der Waals surface area contributed by atoms with Crippen molar-refractivity contribution in [3.05, 3.63) is 144 Å². The van der Waals surface area contributed by atoms with E-state index in [0.29, 0.717) is 23.5 Å². The van der Waals surface area contributed by atoms with Gasteiger partial charge in [-0.15, -0.1) is 0 Å². The van der Waals surface area contributed by atoms with Crippen LogP contribution in [0.4, 0.5) is 5.69 Å². The Kier molecular flexibility index (Phi) is 7.47. The van der Waals surface area contributed by atoms with Crippen LogP contribution >= 0.6 is 0 Å². The summed E-state index contributed by atoms with van der Waals surface area (Å²) in [5.74, 6) is 0.182. The fourth-order valence-corrected chi connectivity index (χ4v) is 4.56. The molecule has 1 amide bonds. The molecule has 0 unspecified atom stereocenters. The molecule has 0 aliphatic heterocycles. The van der Waals surface area contributed by atoms with Crippen molar-refractivity contribution in [2.75, 3.05) is 7.11 Å². The lowest BCUT2D eigenvalue weighted by Gasteiger charge is -2.16. The maximum Gasteiger partial charge on any atom is 0.336 e. The molecule has 206 valence electrons. The second-order valence-electron chi connectivity index (χ2n) is 9.53. The number of carbonyl (C=O) groups excluding carboxylic acids is 1. The van der Waals surface area contributed by atoms with Crippen LogP contribution < -0.4 is 21.3 Å². The lowest BCUT2D eigenvalue weighted by atomic mass is 10.1. The summed E-state index contributed by atoms with van der Waals surface area (Å²) >= 11 is 0. The molecule has 0 spiro atoms. The molecule has 1 N–H and O–H groups in total. The minimum absolute atomic E-state index is 0.0676. The molecule has 10 nitrogen and oxygen atoms in total. The van der Waals surface area contributed by atoms with Gasteiger partial charge >= 0.3 is 5.69 Å². The zero-order valence-electron chi connectivity index (χ0n) is 22.4. The third-order valence-electron chi connectivity index (χ3n) is 6.77. The molecular formula is C31H26N4O6. The quantitative estimate of drug-likeness (QED) is 0.226. The van der Waals surface area contributed by atoms with Crippen molar-refractivity contribution in [2.45, 2.75) is 20.0 Å². The predicted molar refractivity (Wildman–Crippen MR) is 155 cm³/mol. The summed E-state index contributed by atoms with van der Waals surface area (Å²) in [6.07, 6.45) is 0. The van der Waals surface area contributed by atoms with Gasteiger partial charge in [-0.1, -0.05) is 42.0 Å². The molecule has 0 bridgehead atoms. The maximum absolute atomic E-state index is 13.9. The number of nitro benzene ring substituents is 1. The van der Waals surface area contributed by atoms with Gasteiger partial charge in [0.25, 0.3) is 17.2 Å². The maximum atomic E-state index is 13.9. The molecule has 1 heterocycles. The largest absolute Gasteiger partial charge is 0.497 e. The number of benzene rings is 4. The molecule has 0 aliphatic carbocycles. The normalized spacial score (nSPS) is 10.9. The Morgan fingerprint density at radius 3 is 2.34 bits per heavy atom. The highest BCUT2D eigenvalue weighted by molar-refractivity contribution is 5.97. The van der Waals surface area contributed by atoms with E-state index in [-0.39, 0.29) is 34.6 Å². The fraction of sp³-hybridized carbons (Fsp3) is 0.129. The third kappa shape index (κ3) is 5.62. The van der Waals surface area contributed by atoms with E-state index < -0.39 is 16.2 Å². The van der Waals surface area contributed by atoms with Crippen molar-refractivity contribution in [3.8, 4) is 11.4 Å². The SMILES string of the molecule is COc1ccc(-n2c(=O)c3ccc(C(=O)NCc4ccc(C)cc4)cc3n(Cc3cccc([N+](=O)[O-])c3)c2=O)cc1. The number of nitrogens with zero attached hydrogens (tertiary/aromatic N) is 3. The zero-order valence-corrected chi connectivity index (χ0v) is 22.4. The van der Waals surface area contributed by atoms with Gasteiger partial charge in [-0.3, -0.25) is 24.3 Å². The van der Waals surface area contributed by atoms with E-state index >= 15 is 0 Å². The number of nitrogens with one attached hydrogen (secondary N) is 1. The molecule has 0 atom stereocenters. The average Bonchev–Trinajstić information content (AvgIpc) is 2.99. The number of hydrogen-bond acceptors (Lipinski definition) is 6. The summed E-state index contributed by atoms with van der Waals surface area (Å²) in [5, 5.41) is 14.4. The Hall–Kier alpha value is -5.51. The van der Waals surface area contributed by atoms with Crippen LogP contribution in [0, 0.1) is 17.0 Å². The average molecular weight is 551 g/mol. The van der Waals surface area contributed by atoms with Gasteiger partial charge in [0, 0.05) is 24.2 Å². The van der Waals surface area contributed by atoms with Crippen LogP contribution in [0.5, 0.6) is 5.75 Å². The van der Waals surface area contributed by atoms with Crippen LogP contribution in [-0.4, -0.2) is 27.1 Å². The lowest BCUT2D eigenvalue weighted by Crippen LogP contribution is -2.39. The standard InChI is InChI=1S/C31H26N4O6/c1-20-6-8-21(9-7-20)18-32-29(36)23-10-15-27-28(17-23)33(19-22-4-3-5-25(16-22)35(39)40)31(38)34(30(27)37)24-11-13-26(41-2)14-12-24/h3-17H,18-19H2,1-2H3,(H,32,36). The van der Waals surface area contributed by atoms with Crippen LogP contribution in [0.3, 0.4) is 0 Å². The molecule has 0 radical (unpaired) electrons. The van der Waals surface area contributed by atoms with Gasteiger partial charge in [0.2, 0.25) is 0 Å². The minimum atomic E-state index is -0.656. The number of methoxy groups -OCH3 is 1. The van der Waals surface area contributed by atoms with E-state index in [1.165, 1.54) is 48.1 Å². The number of aryl methyl sites for hydroxylation is 1. The number of rotatable bonds is 8. The Morgan fingerprint density at radius 1 is 0.927 bits per heavy atom. The van der Waals surface area contributed by atoms with E-state index in [9.17, 15) is 24.5 Å². The Balaban J connectivity index is 1.62. The topological polar surface area (TPSA) is 125 Å². The summed E-state index contributed by atoms with van der Waals surface area (Å²) < 4.78 is 7.58. The van der Waals surface area contributed by atoms with Crippen molar-refractivity contribution in [1.29, 1.82) is 0 Å². The van der Waals surface area contributed by atoms with Gasteiger partial charge in [-0.2, -0.15) is 0 Å². The van der Waals surface area contributed by atoms with Crippen molar-refractivity contribution in [1.82, 2.24) is 14.5 Å². The number of aromatic nitrogens is 2. The van der Waals surface area contributed by atoms with Crippen molar-refractivity contribution >= 4 is 22.5 Å². The first kappa shape index (κ1) is 27.1. The van der Waals surface area contributed by atoms with Crippen LogP contribution in [-0.2, 0) is 13.1 Å². The van der Waals surface area contributed by atoms with Crippen LogP contribution in [0.15, 0.2) is 101 Å². The van der Waals surface area contributed by atoms with Gasteiger partial charge in [0.15, 0.2) is 0 Å². The summed E-state index contributed by atoms with van der Waals surface area (Å²) in [4.78, 5) is 51.4. The van der Waals surface area contributed by atoms with Crippen molar-refractivity contribution in [3.63, 3.8) is 0 Å². The van der Waals surface area contributed by atoms with Gasteiger partial charge in [-0.05, 0) is 60.5 Å². The zero-order chi connectivity index (χ0) is 29.1. The Bertz CT molecular complexity index is 1890. The van der Waals surface area contributed by atoms with E-state index in [1.807, 2.05) is 31.2 Å². The first-order valence-corrected chi connectivity index (χ1v) is 12.8. The molecule has 0 saturated heterocycles. The Labute approximate surface area is 234 Å². The highest BCUT2D eigenvalue weighted by Gasteiger charge is 2.18. The van der Waals surface area contributed by atoms with Gasteiger partial charge in [0.05, 0.1) is 35.2 Å². The fourth-order valence-electron chi connectivity index (χ4n) is 4.56. The number of carbonyl (C=O) groups is 1. The van der Waals surface area contributed by atoms with Crippen molar-refractivity contribution < 1.29 is 14.5 Å². The predicted octanol–water partition coefficient (Wildman–Crippen LogP) is 4.36. The van der Waals surface area contributed by atoms with Gasteiger partial charge in [0.1, 0.15) is 5.75 Å². The number of hydrogen-bond donors (Lipinski definition) is 1. The Morgan fingerprint density at radius 2 is 1.66 bits per heavy atom. The minimum Gasteiger partial charge on any atom is -0.497 e. The number of amides is 1. The molecule has 10 heteroatoms. The molecule has 0 saturated carbocycles. The lowest BCUT2D eigenvalue weighted by molar-refractivity contribution is -0.384. The summed E-state index contributed by atoms with van der Waals surface area (Å²) in [6, 6.07) is 24.7. The monoisotopic (exact) mass is 550 g/mol. The van der Waals surface area contributed by atoms with E-state index in [4.69, 9.17) is 4.74 Å². The third-order valence-corrected chi connectivity index (χ3v) is 6.77. The second kappa shape index (κ2) is 11.3. The highest BCUT2D eigenvalue weighted by atomic mass is 16.6. The number of non-ortho nitro benzene ring substituents is 1. The van der Waals surface area contributed by atoms with Gasteiger partial charge < -0.3 is 10.1 Å². The van der Waals surface area contributed by atoms with Crippen molar-refractivity contribution in [2.24, 2.45) is 0 Å².